The molecule has 65 heavy (non-hydrogen) atoms. The number of hydrogen-bond acceptors (Lipinski definition) is 13. The molecule has 0 aliphatic carbocycles. The maximum Gasteiger partial charge on any atom is 0.255 e. The van der Waals surface area contributed by atoms with Crippen molar-refractivity contribution < 1.29 is 33.4 Å². The molecule has 10 N–H and O–H groups in total. The third-order valence-electron chi connectivity index (χ3n) is 10.8. The molecule has 0 radical (unpaired) electrons. The monoisotopic (exact) mass is 889 g/mol. The van der Waals surface area contributed by atoms with Gasteiger partial charge in [0, 0.05) is 62.4 Å². The van der Waals surface area contributed by atoms with E-state index in [0.29, 0.717) is 45.3 Å². The van der Waals surface area contributed by atoms with Gasteiger partial charge in [0.2, 0.25) is 23.6 Å². The Morgan fingerprint density at radius 3 is 2.23 bits per heavy atom. The molecule has 0 saturated carbocycles. The minimum absolute atomic E-state index is 0.0181. The number of aryl methyl sites for hydroxylation is 1. The molecule has 0 unspecified atom stereocenters. The molecule has 2 heterocycles. The molecule has 3 atom stereocenters. The lowest BCUT2D eigenvalue weighted by Gasteiger charge is -2.31. The fourth-order valence-corrected chi connectivity index (χ4v) is 7.32. The SMILES string of the molecule is Cc1nc(-c2ccc(C(C)(C)C)cc2)ncc1C(=O)N[C@@H](CCN)C(=O)N(C)[C@@H]1C(=O)NCCC(=O)N[C@H](C(=O)NCC#N)Cc2ccc(OCCN)c(c2)-c2cc1ccc2OCCN. The van der Waals surface area contributed by atoms with Crippen molar-refractivity contribution in [3.05, 3.63) is 94.8 Å². The highest BCUT2D eigenvalue weighted by Gasteiger charge is 2.35. The average Bonchev–Trinajstić information content (AvgIpc) is 3.28. The summed E-state index contributed by atoms with van der Waals surface area (Å²) in [5.41, 5.74) is 22.0. The van der Waals surface area contributed by atoms with Crippen molar-refractivity contribution in [1.82, 2.24) is 36.1 Å². The van der Waals surface area contributed by atoms with Crippen molar-refractivity contribution in [1.29, 1.82) is 5.26 Å². The fourth-order valence-electron chi connectivity index (χ4n) is 7.32. The van der Waals surface area contributed by atoms with Crippen LogP contribution in [-0.4, -0.2) is 109 Å². The number of likely N-dealkylation sites (N-methyl/N-ethyl adjacent to an activating group) is 1. The van der Waals surface area contributed by atoms with Crippen LogP contribution in [0.5, 0.6) is 11.5 Å². The van der Waals surface area contributed by atoms with Gasteiger partial charge in [0.25, 0.3) is 5.91 Å². The molecule has 5 rings (SSSR count). The van der Waals surface area contributed by atoms with E-state index in [-0.39, 0.29) is 76.2 Å². The van der Waals surface area contributed by atoms with Crippen molar-refractivity contribution in [2.75, 3.05) is 53.0 Å². The summed E-state index contributed by atoms with van der Waals surface area (Å²) < 4.78 is 12.2. The molecule has 0 saturated heterocycles. The van der Waals surface area contributed by atoms with Gasteiger partial charge >= 0.3 is 0 Å². The standard InChI is InChI=1S/C47H59N11O7/c1-28-35(27-54-42(55-28)30-7-10-32(11-8-30)47(2,3)4)43(60)57-36(14-16-48)46(63)58(5)41-31-9-13-39(65-23-19-51)34(26-31)33-24-29(6-12-38(33)64-22-18-50)25-37(44(61)53-21-17-49)56-40(59)15-20-52-45(41)62/h6-13,24,26-27,36-37,41H,14-16,18-23,25,48,50-51H2,1-5H3,(H,52,62)(H,53,61)(H,56,59)(H,57,60)/t36-,37-,41-/m0/s1. The van der Waals surface area contributed by atoms with Crippen LogP contribution in [0.25, 0.3) is 22.5 Å². The summed E-state index contributed by atoms with van der Waals surface area (Å²) in [6, 6.07) is 16.4. The number of rotatable bonds is 15. The van der Waals surface area contributed by atoms with Crippen molar-refractivity contribution in [2.45, 2.75) is 70.5 Å². The second kappa shape index (κ2) is 22.6. The van der Waals surface area contributed by atoms with Crippen LogP contribution in [0, 0.1) is 18.3 Å². The summed E-state index contributed by atoms with van der Waals surface area (Å²) in [5, 5.41) is 19.9. The highest BCUT2D eigenvalue weighted by molar-refractivity contribution is 5.99. The Balaban J connectivity index is 1.53. The molecule has 18 heteroatoms. The fraction of sp³-hybridized carbons (Fsp3) is 0.404. The third kappa shape index (κ3) is 12.6. The lowest BCUT2D eigenvalue weighted by Crippen LogP contribution is -2.52. The van der Waals surface area contributed by atoms with Crippen LogP contribution >= 0.6 is 0 Å². The summed E-state index contributed by atoms with van der Waals surface area (Å²) in [5.74, 6) is -1.79. The van der Waals surface area contributed by atoms with Gasteiger partial charge in [-0.05, 0) is 66.3 Å². The molecule has 1 aliphatic rings. The van der Waals surface area contributed by atoms with E-state index in [1.54, 1.807) is 43.3 Å². The Morgan fingerprint density at radius 2 is 1.62 bits per heavy atom. The predicted molar refractivity (Wildman–Crippen MR) is 244 cm³/mol. The van der Waals surface area contributed by atoms with Crippen LogP contribution in [0.15, 0.2) is 66.9 Å². The number of carbonyl (C=O) groups excluding carboxylic acids is 5. The predicted octanol–water partition coefficient (Wildman–Crippen LogP) is 1.93. The molecule has 4 bridgehead atoms. The first kappa shape index (κ1) is 49.1. The highest BCUT2D eigenvalue weighted by atomic mass is 16.5. The number of aromatic nitrogens is 2. The number of amides is 5. The van der Waals surface area contributed by atoms with E-state index in [2.05, 4.69) is 52.0 Å². The van der Waals surface area contributed by atoms with Crippen molar-refractivity contribution >= 4 is 29.5 Å². The largest absolute Gasteiger partial charge is 0.492 e. The number of benzene rings is 3. The van der Waals surface area contributed by atoms with Gasteiger partial charge in [-0.2, -0.15) is 5.26 Å². The van der Waals surface area contributed by atoms with Crippen LogP contribution in [0.3, 0.4) is 0 Å². The van der Waals surface area contributed by atoms with E-state index in [1.165, 1.54) is 18.1 Å². The van der Waals surface area contributed by atoms with E-state index in [9.17, 15) is 24.0 Å². The maximum atomic E-state index is 14.6. The van der Waals surface area contributed by atoms with Gasteiger partial charge in [-0.15, -0.1) is 0 Å². The number of nitrogens with two attached hydrogens (primary N) is 3. The molecule has 1 aromatic heterocycles. The van der Waals surface area contributed by atoms with E-state index < -0.39 is 47.7 Å². The first-order valence-corrected chi connectivity index (χ1v) is 21.5. The van der Waals surface area contributed by atoms with Gasteiger partial charge in [-0.3, -0.25) is 24.0 Å². The van der Waals surface area contributed by atoms with E-state index in [0.717, 1.165) is 11.1 Å². The topological polar surface area (TPSA) is 283 Å². The Bertz CT molecular complexity index is 2400. The number of fused-ring (bicyclic) bond motifs is 5. The Hall–Kier alpha value is -6.94. The zero-order valence-corrected chi connectivity index (χ0v) is 37.5. The number of carbonyl (C=O) groups is 5. The lowest BCUT2D eigenvalue weighted by molar-refractivity contribution is -0.140. The number of nitrogens with one attached hydrogen (secondary N) is 4. The highest BCUT2D eigenvalue weighted by Crippen LogP contribution is 2.40. The van der Waals surface area contributed by atoms with E-state index in [4.69, 9.17) is 31.9 Å². The molecular weight excluding hydrogens is 831 g/mol. The van der Waals surface area contributed by atoms with Crippen LogP contribution in [0.1, 0.15) is 72.4 Å². The zero-order chi connectivity index (χ0) is 47.3. The second-order valence-electron chi connectivity index (χ2n) is 16.6. The molecule has 1 aliphatic heterocycles. The Morgan fingerprint density at radius 1 is 0.954 bits per heavy atom. The van der Waals surface area contributed by atoms with Crippen LogP contribution in [0.4, 0.5) is 0 Å². The average molecular weight is 890 g/mol. The minimum Gasteiger partial charge on any atom is -0.492 e. The molecule has 344 valence electrons. The van der Waals surface area contributed by atoms with Gasteiger partial charge in [0.1, 0.15) is 49.4 Å². The Kier molecular flexibility index (Phi) is 17.1. The van der Waals surface area contributed by atoms with Crippen LogP contribution in [0.2, 0.25) is 0 Å². The summed E-state index contributed by atoms with van der Waals surface area (Å²) in [6.07, 6.45) is 1.25. The molecule has 0 fully saturated rings. The number of nitriles is 1. The smallest absolute Gasteiger partial charge is 0.255 e. The van der Waals surface area contributed by atoms with Gasteiger partial charge in [0.05, 0.1) is 17.3 Å². The minimum atomic E-state index is -1.31. The number of nitrogens with zero attached hydrogens (tertiary/aromatic N) is 4. The van der Waals surface area contributed by atoms with Gasteiger partial charge in [0.15, 0.2) is 5.82 Å². The quantitative estimate of drug-likeness (QED) is 0.0842. The molecule has 4 aromatic rings. The summed E-state index contributed by atoms with van der Waals surface area (Å²) in [7, 11) is 1.44. The normalized spacial score (nSPS) is 15.7. The summed E-state index contributed by atoms with van der Waals surface area (Å²) >= 11 is 0. The van der Waals surface area contributed by atoms with Crippen molar-refractivity contribution in [2.24, 2.45) is 17.2 Å². The molecule has 5 amide bonds. The molecular formula is C47H59N11O7. The summed E-state index contributed by atoms with van der Waals surface area (Å²) in [4.78, 5) is 79.6. The first-order chi connectivity index (χ1) is 31.1. The number of hydrogen-bond donors (Lipinski definition) is 7. The molecule has 3 aromatic carbocycles. The van der Waals surface area contributed by atoms with E-state index >= 15 is 0 Å². The maximum absolute atomic E-state index is 14.6. The molecule has 0 spiro atoms. The number of ether oxygens (including phenoxy) is 2. The van der Waals surface area contributed by atoms with Crippen molar-refractivity contribution in [3.63, 3.8) is 0 Å². The van der Waals surface area contributed by atoms with Gasteiger partial charge in [-0.25, -0.2) is 9.97 Å². The van der Waals surface area contributed by atoms with Crippen molar-refractivity contribution in [3.8, 4) is 40.1 Å². The van der Waals surface area contributed by atoms with Gasteiger partial charge < -0.3 is 52.8 Å². The lowest BCUT2D eigenvalue weighted by atomic mass is 9.87. The first-order valence-electron chi connectivity index (χ1n) is 21.5. The van der Waals surface area contributed by atoms with Gasteiger partial charge in [-0.1, -0.05) is 57.2 Å². The van der Waals surface area contributed by atoms with E-state index in [1.807, 2.05) is 30.3 Å². The zero-order valence-electron chi connectivity index (χ0n) is 37.5. The molecule has 18 nitrogen and oxygen atoms in total. The van der Waals surface area contributed by atoms with Crippen LogP contribution < -0.4 is 47.9 Å². The van der Waals surface area contributed by atoms with Crippen LogP contribution in [-0.2, 0) is 31.0 Å². The third-order valence-corrected chi connectivity index (χ3v) is 10.8. The second-order valence-corrected chi connectivity index (χ2v) is 16.6. The summed E-state index contributed by atoms with van der Waals surface area (Å²) in [6.45, 7) is 8.32. The Labute approximate surface area is 379 Å².